The summed E-state index contributed by atoms with van der Waals surface area (Å²) in [5.41, 5.74) is 1.11. The first kappa shape index (κ1) is 16.5. The van der Waals surface area contributed by atoms with Gasteiger partial charge in [0.1, 0.15) is 0 Å². The van der Waals surface area contributed by atoms with Crippen molar-refractivity contribution in [3.63, 3.8) is 0 Å². The molecule has 0 atom stereocenters. The SMILES string of the molecule is CN(CCc1ccncc1)C(=O)C(=O)NC1CCCCCC1. The van der Waals surface area contributed by atoms with Gasteiger partial charge < -0.3 is 10.2 Å². The maximum atomic E-state index is 12.1. The Balaban J connectivity index is 1.77. The van der Waals surface area contributed by atoms with Crippen LogP contribution < -0.4 is 5.32 Å². The quantitative estimate of drug-likeness (QED) is 0.683. The Morgan fingerprint density at radius 1 is 1.18 bits per heavy atom. The van der Waals surface area contributed by atoms with E-state index >= 15 is 0 Å². The average molecular weight is 303 g/mol. The van der Waals surface area contributed by atoms with E-state index in [1.807, 2.05) is 12.1 Å². The van der Waals surface area contributed by atoms with Crippen LogP contribution in [0.4, 0.5) is 0 Å². The molecule has 0 bridgehead atoms. The largest absolute Gasteiger partial charge is 0.345 e. The van der Waals surface area contributed by atoms with Gasteiger partial charge in [0, 0.05) is 32.0 Å². The van der Waals surface area contributed by atoms with E-state index in [1.165, 1.54) is 17.7 Å². The molecule has 2 rings (SSSR count). The molecule has 0 aromatic carbocycles. The molecule has 0 spiro atoms. The number of pyridine rings is 1. The van der Waals surface area contributed by atoms with Crippen molar-refractivity contribution >= 4 is 11.8 Å². The van der Waals surface area contributed by atoms with Gasteiger partial charge in [0.15, 0.2) is 0 Å². The van der Waals surface area contributed by atoms with Crippen molar-refractivity contribution in [1.82, 2.24) is 15.2 Å². The first-order chi connectivity index (χ1) is 10.7. The van der Waals surface area contributed by atoms with Crippen molar-refractivity contribution in [1.29, 1.82) is 0 Å². The van der Waals surface area contributed by atoms with Crippen LogP contribution >= 0.6 is 0 Å². The molecular formula is C17H25N3O2. The van der Waals surface area contributed by atoms with Crippen LogP contribution in [-0.2, 0) is 16.0 Å². The van der Waals surface area contributed by atoms with Gasteiger partial charge in [-0.1, -0.05) is 25.7 Å². The molecule has 1 aliphatic rings. The minimum Gasteiger partial charge on any atom is -0.345 e. The fourth-order valence-corrected chi connectivity index (χ4v) is 2.79. The molecule has 5 nitrogen and oxygen atoms in total. The van der Waals surface area contributed by atoms with Gasteiger partial charge in [0.25, 0.3) is 0 Å². The predicted molar refractivity (Wildman–Crippen MR) is 85.2 cm³/mol. The summed E-state index contributed by atoms with van der Waals surface area (Å²) in [5, 5.41) is 2.90. The molecule has 1 saturated carbocycles. The lowest BCUT2D eigenvalue weighted by molar-refractivity contribution is -0.145. The minimum atomic E-state index is -0.468. The average Bonchev–Trinajstić information content (AvgIpc) is 2.81. The lowest BCUT2D eigenvalue weighted by Crippen LogP contribution is -2.45. The molecule has 1 aromatic rings. The fraction of sp³-hybridized carbons (Fsp3) is 0.588. The summed E-state index contributed by atoms with van der Waals surface area (Å²) in [4.78, 5) is 29.6. The van der Waals surface area contributed by atoms with Crippen LogP contribution in [0.5, 0.6) is 0 Å². The van der Waals surface area contributed by atoms with E-state index in [9.17, 15) is 9.59 Å². The maximum absolute atomic E-state index is 12.1. The third kappa shape index (κ3) is 5.13. The van der Waals surface area contributed by atoms with E-state index in [0.717, 1.165) is 37.7 Å². The van der Waals surface area contributed by atoms with E-state index in [4.69, 9.17) is 0 Å². The van der Waals surface area contributed by atoms with Gasteiger partial charge in [-0.25, -0.2) is 0 Å². The van der Waals surface area contributed by atoms with Gasteiger partial charge >= 0.3 is 11.8 Å². The van der Waals surface area contributed by atoms with Crippen LogP contribution in [0.25, 0.3) is 0 Å². The molecule has 1 heterocycles. The first-order valence-corrected chi connectivity index (χ1v) is 8.11. The number of carbonyl (C=O) groups is 2. The highest BCUT2D eigenvalue weighted by molar-refractivity contribution is 6.35. The fourth-order valence-electron chi connectivity index (χ4n) is 2.79. The van der Waals surface area contributed by atoms with Crippen LogP contribution in [-0.4, -0.2) is 41.3 Å². The highest BCUT2D eigenvalue weighted by Crippen LogP contribution is 2.17. The van der Waals surface area contributed by atoms with Gasteiger partial charge in [-0.15, -0.1) is 0 Å². The molecule has 1 N–H and O–H groups in total. The van der Waals surface area contributed by atoms with Crippen LogP contribution in [0.2, 0.25) is 0 Å². The zero-order chi connectivity index (χ0) is 15.8. The second kappa shape index (κ2) is 8.51. The molecule has 0 radical (unpaired) electrons. The second-order valence-electron chi connectivity index (χ2n) is 5.99. The molecule has 5 heteroatoms. The Labute approximate surface area is 132 Å². The van der Waals surface area contributed by atoms with Gasteiger partial charge in [-0.2, -0.15) is 0 Å². The Kier molecular flexibility index (Phi) is 6.37. The Bertz CT molecular complexity index is 482. The van der Waals surface area contributed by atoms with Crippen molar-refractivity contribution in [2.75, 3.05) is 13.6 Å². The van der Waals surface area contributed by atoms with Gasteiger partial charge in [0.05, 0.1) is 0 Å². The van der Waals surface area contributed by atoms with Crippen molar-refractivity contribution in [2.45, 2.75) is 51.0 Å². The molecule has 0 saturated heterocycles. The summed E-state index contributed by atoms with van der Waals surface area (Å²) < 4.78 is 0. The smallest absolute Gasteiger partial charge is 0.311 e. The summed E-state index contributed by atoms with van der Waals surface area (Å²) in [6.45, 7) is 0.529. The van der Waals surface area contributed by atoms with E-state index in [0.29, 0.717) is 6.54 Å². The third-order valence-corrected chi connectivity index (χ3v) is 4.22. The van der Waals surface area contributed by atoms with Crippen molar-refractivity contribution in [3.05, 3.63) is 30.1 Å². The molecule has 1 aromatic heterocycles. The number of hydrogen-bond donors (Lipinski definition) is 1. The summed E-state index contributed by atoms with van der Waals surface area (Å²) in [5.74, 6) is -0.914. The summed E-state index contributed by atoms with van der Waals surface area (Å²) >= 11 is 0. The van der Waals surface area contributed by atoms with E-state index in [1.54, 1.807) is 19.4 Å². The Hall–Kier alpha value is -1.91. The highest BCUT2D eigenvalue weighted by Gasteiger charge is 2.22. The van der Waals surface area contributed by atoms with Crippen LogP contribution in [0, 0.1) is 0 Å². The number of carbonyl (C=O) groups excluding carboxylic acids is 2. The number of nitrogens with one attached hydrogen (secondary N) is 1. The molecule has 0 aliphatic heterocycles. The Morgan fingerprint density at radius 3 is 2.45 bits per heavy atom. The molecule has 0 unspecified atom stereocenters. The second-order valence-corrected chi connectivity index (χ2v) is 5.99. The van der Waals surface area contributed by atoms with Gasteiger partial charge in [-0.05, 0) is 37.0 Å². The van der Waals surface area contributed by atoms with Gasteiger partial charge in [-0.3, -0.25) is 14.6 Å². The summed E-state index contributed by atoms with van der Waals surface area (Å²) in [6, 6.07) is 4.00. The van der Waals surface area contributed by atoms with Crippen molar-refractivity contribution in [3.8, 4) is 0 Å². The molecule has 1 aliphatic carbocycles. The Morgan fingerprint density at radius 2 is 1.82 bits per heavy atom. The highest BCUT2D eigenvalue weighted by atomic mass is 16.2. The molecule has 2 amide bonds. The number of likely N-dealkylation sites (N-methyl/N-ethyl adjacent to an activating group) is 1. The van der Waals surface area contributed by atoms with Gasteiger partial charge in [0.2, 0.25) is 0 Å². The number of rotatable bonds is 4. The molecule has 1 fully saturated rings. The van der Waals surface area contributed by atoms with E-state index in [2.05, 4.69) is 10.3 Å². The van der Waals surface area contributed by atoms with Crippen molar-refractivity contribution in [2.24, 2.45) is 0 Å². The number of hydrogen-bond acceptors (Lipinski definition) is 3. The number of amides is 2. The van der Waals surface area contributed by atoms with Crippen LogP contribution in [0.3, 0.4) is 0 Å². The third-order valence-electron chi connectivity index (χ3n) is 4.22. The zero-order valence-electron chi connectivity index (χ0n) is 13.3. The lowest BCUT2D eigenvalue weighted by atomic mass is 10.1. The standard InChI is InChI=1S/C17H25N3O2/c1-20(13-10-14-8-11-18-12-9-14)17(22)16(21)19-15-6-4-2-3-5-7-15/h8-9,11-12,15H,2-7,10,13H2,1H3,(H,19,21). The normalized spacial score (nSPS) is 15.9. The number of nitrogens with zero attached hydrogens (tertiary/aromatic N) is 2. The van der Waals surface area contributed by atoms with Crippen molar-refractivity contribution < 1.29 is 9.59 Å². The topological polar surface area (TPSA) is 62.3 Å². The monoisotopic (exact) mass is 303 g/mol. The summed E-state index contributed by atoms with van der Waals surface area (Å²) in [6.07, 6.45) is 10.9. The minimum absolute atomic E-state index is 0.160. The maximum Gasteiger partial charge on any atom is 0.311 e. The van der Waals surface area contributed by atoms with E-state index in [-0.39, 0.29) is 6.04 Å². The van der Waals surface area contributed by atoms with E-state index < -0.39 is 11.8 Å². The zero-order valence-corrected chi connectivity index (χ0v) is 13.3. The van der Waals surface area contributed by atoms with Crippen LogP contribution in [0.15, 0.2) is 24.5 Å². The first-order valence-electron chi connectivity index (χ1n) is 8.11. The lowest BCUT2D eigenvalue weighted by Gasteiger charge is -2.20. The molecule has 22 heavy (non-hydrogen) atoms. The predicted octanol–water partition coefficient (Wildman–Crippen LogP) is 1.92. The molecular weight excluding hydrogens is 278 g/mol. The van der Waals surface area contributed by atoms with Crippen LogP contribution in [0.1, 0.15) is 44.1 Å². The molecule has 120 valence electrons. The summed E-state index contributed by atoms with van der Waals surface area (Å²) in [7, 11) is 1.68. The number of aromatic nitrogens is 1.